The van der Waals surface area contributed by atoms with Crippen molar-refractivity contribution in [3.63, 3.8) is 0 Å². The number of aromatic hydroxyl groups is 1. The van der Waals surface area contributed by atoms with Crippen molar-refractivity contribution in [2.24, 2.45) is 11.7 Å². The summed E-state index contributed by atoms with van der Waals surface area (Å²) in [5.74, 6) is -1.69. The molecule has 200 valence electrons. The molecule has 10 nitrogen and oxygen atoms in total. The van der Waals surface area contributed by atoms with Gasteiger partial charge in [-0.2, -0.15) is 11.8 Å². The number of hydrogen-bond acceptors (Lipinski definition) is 7. The van der Waals surface area contributed by atoms with Gasteiger partial charge in [-0.25, -0.2) is 4.79 Å². The number of rotatable bonds is 13. The highest BCUT2D eigenvalue weighted by molar-refractivity contribution is 7.98. The lowest BCUT2D eigenvalue weighted by Crippen LogP contribution is -2.57. The molecule has 1 aromatic carbocycles. The van der Waals surface area contributed by atoms with E-state index in [0.717, 1.165) is 5.56 Å². The molecule has 1 aliphatic rings. The van der Waals surface area contributed by atoms with Gasteiger partial charge in [0.15, 0.2) is 0 Å². The summed E-state index contributed by atoms with van der Waals surface area (Å²) >= 11 is 1.52. The Balaban J connectivity index is 2.10. The lowest BCUT2D eigenvalue weighted by molar-refractivity contribution is -0.149. The van der Waals surface area contributed by atoms with E-state index in [0.29, 0.717) is 38.0 Å². The lowest BCUT2D eigenvalue weighted by atomic mass is 10.0. The van der Waals surface area contributed by atoms with Crippen molar-refractivity contribution in [1.82, 2.24) is 15.5 Å². The van der Waals surface area contributed by atoms with E-state index in [-0.39, 0.29) is 18.1 Å². The molecule has 0 spiro atoms. The molecule has 4 atom stereocenters. The van der Waals surface area contributed by atoms with Gasteiger partial charge in [-0.05, 0) is 67.7 Å². The molecule has 1 saturated heterocycles. The third-order valence-corrected chi connectivity index (χ3v) is 6.76. The van der Waals surface area contributed by atoms with Crippen molar-refractivity contribution in [1.29, 1.82) is 0 Å². The maximum atomic E-state index is 13.2. The predicted molar refractivity (Wildman–Crippen MR) is 138 cm³/mol. The molecule has 0 saturated carbocycles. The van der Waals surface area contributed by atoms with Gasteiger partial charge >= 0.3 is 5.97 Å². The van der Waals surface area contributed by atoms with Crippen LogP contribution in [0.1, 0.15) is 45.1 Å². The van der Waals surface area contributed by atoms with Crippen molar-refractivity contribution in [3.05, 3.63) is 29.8 Å². The number of benzene rings is 1. The molecule has 1 aromatic rings. The first kappa shape index (κ1) is 29.4. The minimum atomic E-state index is -1.05. The molecule has 36 heavy (non-hydrogen) atoms. The quantitative estimate of drug-likeness (QED) is 0.257. The SMILES string of the molecule is CSCCC(NC(=O)C(N)Cc1ccc(O)cc1)C(=O)NC(CC(C)C)C(=O)N1CCCC1C(=O)O. The van der Waals surface area contributed by atoms with Gasteiger partial charge in [-0.15, -0.1) is 0 Å². The Bertz CT molecular complexity index is 910. The zero-order chi connectivity index (χ0) is 26.8. The number of thioether (sulfide) groups is 1. The minimum absolute atomic E-state index is 0.0723. The van der Waals surface area contributed by atoms with Gasteiger partial charge in [0.1, 0.15) is 23.9 Å². The number of nitrogens with two attached hydrogens (primary N) is 1. The first-order valence-electron chi connectivity index (χ1n) is 12.2. The van der Waals surface area contributed by atoms with Crippen LogP contribution < -0.4 is 16.4 Å². The van der Waals surface area contributed by atoms with Gasteiger partial charge in [-0.3, -0.25) is 14.4 Å². The highest BCUT2D eigenvalue weighted by Gasteiger charge is 2.38. The molecule has 11 heteroatoms. The number of nitrogens with zero attached hydrogens (tertiary/aromatic N) is 1. The average Bonchev–Trinajstić information content (AvgIpc) is 3.32. The molecule has 4 unspecified atom stereocenters. The van der Waals surface area contributed by atoms with E-state index < -0.39 is 47.9 Å². The maximum Gasteiger partial charge on any atom is 0.326 e. The van der Waals surface area contributed by atoms with Crippen molar-refractivity contribution < 1.29 is 29.4 Å². The topological polar surface area (TPSA) is 162 Å². The Labute approximate surface area is 216 Å². The fraction of sp³-hybridized carbons (Fsp3) is 0.600. The number of hydrogen-bond donors (Lipinski definition) is 5. The molecule has 1 heterocycles. The van der Waals surface area contributed by atoms with Crippen LogP contribution in [0, 0.1) is 5.92 Å². The number of phenols is 1. The van der Waals surface area contributed by atoms with E-state index in [1.54, 1.807) is 12.1 Å². The molecule has 1 aliphatic heterocycles. The van der Waals surface area contributed by atoms with Gasteiger partial charge < -0.3 is 31.5 Å². The second kappa shape index (κ2) is 14.1. The fourth-order valence-corrected chi connectivity index (χ4v) is 4.69. The first-order chi connectivity index (χ1) is 17.0. The van der Waals surface area contributed by atoms with Crippen LogP contribution in [0.25, 0.3) is 0 Å². The van der Waals surface area contributed by atoms with Crippen LogP contribution in [0.3, 0.4) is 0 Å². The van der Waals surface area contributed by atoms with E-state index >= 15 is 0 Å². The van der Waals surface area contributed by atoms with Crippen molar-refractivity contribution in [2.75, 3.05) is 18.6 Å². The van der Waals surface area contributed by atoms with Crippen molar-refractivity contribution in [2.45, 2.75) is 70.1 Å². The molecule has 3 amide bonds. The lowest BCUT2D eigenvalue weighted by Gasteiger charge is -2.29. The van der Waals surface area contributed by atoms with Crippen LogP contribution in [0.15, 0.2) is 24.3 Å². The second-order valence-electron chi connectivity index (χ2n) is 9.54. The number of likely N-dealkylation sites (tertiary alicyclic amines) is 1. The van der Waals surface area contributed by atoms with E-state index in [2.05, 4.69) is 10.6 Å². The Morgan fingerprint density at radius 1 is 1.11 bits per heavy atom. The Morgan fingerprint density at radius 2 is 1.75 bits per heavy atom. The highest BCUT2D eigenvalue weighted by Crippen LogP contribution is 2.20. The molecule has 0 aromatic heterocycles. The summed E-state index contributed by atoms with van der Waals surface area (Å²) in [6.07, 6.45) is 3.78. The molecular formula is C25H38N4O6S. The molecule has 6 N–H and O–H groups in total. The van der Waals surface area contributed by atoms with Gasteiger partial charge in [0.25, 0.3) is 0 Å². The summed E-state index contributed by atoms with van der Waals surface area (Å²) in [7, 11) is 0. The third-order valence-electron chi connectivity index (χ3n) is 6.11. The summed E-state index contributed by atoms with van der Waals surface area (Å²) in [5, 5.41) is 24.4. The van der Waals surface area contributed by atoms with Crippen LogP contribution in [-0.2, 0) is 25.6 Å². The predicted octanol–water partition coefficient (Wildman–Crippen LogP) is 1.11. The number of amides is 3. The van der Waals surface area contributed by atoms with Crippen LogP contribution in [0.4, 0.5) is 0 Å². The molecule has 0 bridgehead atoms. The van der Waals surface area contributed by atoms with E-state index in [9.17, 15) is 29.4 Å². The molecule has 0 radical (unpaired) electrons. The zero-order valence-corrected chi connectivity index (χ0v) is 21.9. The summed E-state index contributed by atoms with van der Waals surface area (Å²) in [6, 6.07) is 2.77. The van der Waals surface area contributed by atoms with Crippen LogP contribution in [0.2, 0.25) is 0 Å². The minimum Gasteiger partial charge on any atom is -0.508 e. The molecule has 1 fully saturated rings. The Hall–Kier alpha value is -2.79. The van der Waals surface area contributed by atoms with Crippen molar-refractivity contribution in [3.8, 4) is 5.75 Å². The first-order valence-corrected chi connectivity index (χ1v) is 13.6. The normalized spacial score (nSPS) is 17.9. The van der Waals surface area contributed by atoms with E-state index in [1.165, 1.54) is 28.8 Å². The molecule has 0 aliphatic carbocycles. The van der Waals surface area contributed by atoms with Gasteiger partial charge in [0.2, 0.25) is 17.7 Å². The average molecular weight is 523 g/mol. The Kier molecular flexibility index (Phi) is 11.5. The standard InChI is InChI=1S/C25H38N4O6S/c1-15(2)13-20(24(33)29-11-4-5-21(29)25(34)35)28-23(32)19(10-12-36-3)27-22(31)18(26)14-16-6-8-17(30)9-7-16/h6-9,15,18-21,30H,4-5,10-14,26H2,1-3H3,(H,27,31)(H,28,32)(H,34,35). The summed E-state index contributed by atoms with van der Waals surface area (Å²) < 4.78 is 0. The van der Waals surface area contributed by atoms with Crippen LogP contribution >= 0.6 is 11.8 Å². The smallest absolute Gasteiger partial charge is 0.326 e. The number of carbonyl (C=O) groups is 4. The second-order valence-corrected chi connectivity index (χ2v) is 10.5. The van der Waals surface area contributed by atoms with Crippen molar-refractivity contribution >= 4 is 35.5 Å². The van der Waals surface area contributed by atoms with Gasteiger partial charge in [0, 0.05) is 6.54 Å². The molecule has 2 rings (SSSR count). The van der Waals surface area contributed by atoms with Crippen LogP contribution in [-0.4, -0.2) is 81.5 Å². The van der Waals surface area contributed by atoms with E-state index in [1.807, 2.05) is 20.1 Å². The monoisotopic (exact) mass is 522 g/mol. The largest absolute Gasteiger partial charge is 0.508 e. The maximum absolute atomic E-state index is 13.2. The summed E-state index contributed by atoms with van der Waals surface area (Å²) in [4.78, 5) is 52.2. The summed E-state index contributed by atoms with van der Waals surface area (Å²) in [6.45, 7) is 4.17. The third kappa shape index (κ3) is 8.70. The Morgan fingerprint density at radius 3 is 2.33 bits per heavy atom. The van der Waals surface area contributed by atoms with Gasteiger partial charge in [0.05, 0.1) is 6.04 Å². The van der Waals surface area contributed by atoms with Crippen LogP contribution in [0.5, 0.6) is 5.75 Å². The van der Waals surface area contributed by atoms with Gasteiger partial charge in [-0.1, -0.05) is 26.0 Å². The highest BCUT2D eigenvalue weighted by atomic mass is 32.2. The van der Waals surface area contributed by atoms with E-state index in [4.69, 9.17) is 5.73 Å². The summed E-state index contributed by atoms with van der Waals surface area (Å²) in [5.41, 5.74) is 6.84. The fourth-order valence-electron chi connectivity index (χ4n) is 4.21. The molecular weight excluding hydrogens is 484 g/mol. The number of aliphatic carboxylic acids is 1. The number of nitrogens with one attached hydrogen (secondary N) is 2. The number of carbonyl (C=O) groups excluding carboxylic acids is 3. The number of carboxylic acid groups (broad SMARTS) is 1. The number of carboxylic acids is 1. The number of phenolic OH excluding ortho intramolecular Hbond substituents is 1. The zero-order valence-electron chi connectivity index (χ0n) is 21.1.